The molecule has 8 heteroatoms. The lowest BCUT2D eigenvalue weighted by Crippen LogP contribution is -2.15. The molecule has 0 saturated carbocycles. The molecule has 1 amide bonds. The zero-order chi connectivity index (χ0) is 24.5. The Morgan fingerprint density at radius 1 is 1.09 bits per heavy atom. The number of unbranched alkanes of at least 4 members (excludes halogenated alkanes) is 1. The monoisotopic (exact) mass is 490 g/mol. The van der Waals surface area contributed by atoms with Crippen LogP contribution in [0.25, 0.3) is 0 Å². The topological polar surface area (TPSA) is 82.2 Å². The number of furan rings is 1. The average molecular weight is 491 g/mol. The minimum Gasteiger partial charge on any atom is -0.486 e. The van der Waals surface area contributed by atoms with Gasteiger partial charge >= 0.3 is 0 Å². The van der Waals surface area contributed by atoms with E-state index in [1.54, 1.807) is 6.26 Å². The number of anilines is 1. The smallest absolute Gasteiger partial charge is 0.234 e. The van der Waals surface area contributed by atoms with E-state index in [2.05, 4.69) is 34.6 Å². The van der Waals surface area contributed by atoms with Crippen LogP contribution in [0.4, 0.5) is 5.69 Å². The molecule has 4 rings (SSSR count). The first-order valence-electron chi connectivity index (χ1n) is 11.8. The van der Waals surface area contributed by atoms with Crippen molar-refractivity contribution in [1.29, 1.82) is 0 Å². The van der Waals surface area contributed by atoms with Crippen LogP contribution in [0.2, 0.25) is 0 Å². The average Bonchev–Trinajstić information content (AvgIpc) is 3.52. The first kappa shape index (κ1) is 24.6. The maximum atomic E-state index is 12.6. The second kappa shape index (κ2) is 12.3. The molecule has 1 N–H and O–H groups in total. The molecule has 2 aromatic heterocycles. The zero-order valence-corrected chi connectivity index (χ0v) is 20.9. The van der Waals surface area contributed by atoms with Crippen LogP contribution >= 0.6 is 11.8 Å². The molecule has 35 heavy (non-hydrogen) atoms. The van der Waals surface area contributed by atoms with E-state index in [9.17, 15) is 4.79 Å². The highest BCUT2D eigenvalue weighted by Crippen LogP contribution is 2.21. The van der Waals surface area contributed by atoms with Gasteiger partial charge in [-0.05, 0) is 61.7 Å². The van der Waals surface area contributed by atoms with Crippen molar-refractivity contribution in [2.24, 2.45) is 0 Å². The minimum absolute atomic E-state index is 0.0960. The second-order valence-corrected chi connectivity index (χ2v) is 9.25. The van der Waals surface area contributed by atoms with Crippen LogP contribution in [0.5, 0.6) is 5.75 Å². The molecule has 0 saturated heterocycles. The van der Waals surface area contributed by atoms with E-state index >= 15 is 0 Å². The molecule has 0 unspecified atom stereocenters. The van der Waals surface area contributed by atoms with Gasteiger partial charge in [0.1, 0.15) is 18.1 Å². The van der Waals surface area contributed by atoms with Crippen molar-refractivity contribution in [3.05, 3.63) is 89.6 Å². The lowest BCUT2D eigenvalue weighted by molar-refractivity contribution is -0.113. The van der Waals surface area contributed by atoms with Crippen molar-refractivity contribution in [2.75, 3.05) is 11.1 Å². The number of thioether (sulfide) groups is 1. The summed E-state index contributed by atoms with van der Waals surface area (Å²) in [5.74, 6) is 2.31. The maximum Gasteiger partial charge on any atom is 0.234 e. The van der Waals surface area contributed by atoms with Gasteiger partial charge in [-0.1, -0.05) is 54.9 Å². The van der Waals surface area contributed by atoms with Gasteiger partial charge in [0.05, 0.1) is 18.6 Å². The molecule has 182 valence electrons. The summed E-state index contributed by atoms with van der Waals surface area (Å²) in [7, 11) is 0. The highest BCUT2D eigenvalue weighted by Gasteiger charge is 2.16. The van der Waals surface area contributed by atoms with Gasteiger partial charge < -0.3 is 14.5 Å². The number of hydrogen-bond donors (Lipinski definition) is 1. The largest absolute Gasteiger partial charge is 0.486 e. The van der Waals surface area contributed by atoms with E-state index in [1.165, 1.54) is 35.7 Å². The van der Waals surface area contributed by atoms with E-state index in [4.69, 9.17) is 9.15 Å². The Kier molecular flexibility index (Phi) is 8.62. The molecular formula is C27H30N4O3S. The molecule has 7 nitrogen and oxygen atoms in total. The number of carbonyl (C=O) groups is 1. The molecule has 0 aliphatic carbocycles. The van der Waals surface area contributed by atoms with Crippen LogP contribution in [-0.4, -0.2) is 26.4 Å². The minimum atomic E-state index is -0.0960. The molecule has 4 aromatic rings. The van der Waals surface area contributed by atoms with Crippen molar-refractivity contribution in [3.8, 4) is 5.75 Å². The van der Waals surface area contributed by atoms with Crippen molar-refractivity contribution in [1.82, 2.24) is 14.8 Å². The van der Waals surface area contributed by atoms with Crippen LogP contribution in [-0.2, 0) is 24.4 Å². The fraction of sp³-hybridized carbons (Fsp3) is 0.296. The van der Waals surface area contributed by atoms with E-state index in [0.717, 1.165) is 23.6 Å². The third-order valence-corrected chi connectivity index (χ3v) is 6.43. The molecule has 0 aliphatic rings. The zero-order valence-electron chi connectivity index (χ0n) is 20.1. The standard InChI is InChI=1S/C27H30N4O3S/c1-3-4-6-21-10-12-22(13-11-21)28-26(32)19-35-27-30-29-25(31(27)17-24-7-5-16-33-24)18-34-23-14-8-20(2)9-15-23/h5,7-16H,3-4,6,17-19H2,1-2H3,(H,28,32). The van der Waals surface area contributed by atoms with Gasteiger partial charge in [0.15, 0.2) is 11.0 Å². The van der Waals surface area contributed by atoms with E-state index in [1.807, 2.05) is 60.0 Å². The third kappa shape index (κ3) is 7.23. The Balaban J connectivity index is 1.38. The Labute approximate surface area is 209 Å². The van der Waals surface area contributed by atoms with Crippen molar-refractivity contribution in [3.63, 3.8) is 0 Å². The summed E-state index contributed by atoms with van der Waals surface area (Å²) in [6.45, 7) is 4.93. The van der Waals surface area contributed by atoms with Crippen LogP contribution in [0.3, 0.4) is 0 Å². The highest BCUT2D eigenvalue weighted by molar-refractivity contribution is 7.99. The summed E-state index contributed by atoms with van der Waals surface area (Å²) in [4.78, 5) is 12.6. The van der Waals surface area contributed by atoms with Crippen molar-refractivity contribution < 1.29 is 13.9 Å². The number of ether oxygens (including phenoxy) is 1. The predicted molar refractivity (Wildman–Crippen MR) is 138 cm³/mol. The fourth-order valence-corrected chi connectivity index (χ4v) is 4.25. The van der Waals surface area contributed by atoms with Gasteiger partial charge in [0, 0.05) is 5.69 Å². The number of nitrogens with zero attached hydrogens (tertiary/aromatic N) is 3. The number of nitrogens with one attached hydrogen (secondary N) is 1. The van der Waals surface area contributed by atoms with E-state index in [0.29, 0.717) is 17.5 Å². The van der Waals surface area contributed by atoms with Crippen LogP contribution in [0, 0.1) is 6.92 Å². The van der Waals surface area contributed by atoms with Crippen LogP contribution < -0.4 is 10.1 Å². The molecule has 2 aromatic carbocycles. The molecule has 0 spiro atoms. The summed E-state index contributed by atoms with van der Waals surface area (Å²) < 4.78 is 13.4. The van der Waals surface area contributed by atoms with Gasteiger partial charge in [-0.15, -0.1) is 10.2 Å². The molecular weight excluding hydrogens is 460 g/mol. The van der Waals surface area contributed by atoms with Crippen molar-refractivity contribution >= 4 is 23.4 Å². The first-order valence-corrected chi connectivity index (χ1v) is 12.7. The molecule has 0 bridgehead atoms. The quantitative estimate of drug-likeness (QED) is 0.250. The van der Waals surface area contributed by atoms with Crippen molar-refractivity contribution in [2.45, 2.75) is 51.4 Å². The number of benzene rings is 2. The van der Waals surface area contributed by atoms with Crippen LogP contribution in [0.15, 0.2) is 76.5 Å². The lowest BCUT2D eigenvalue weighted by atomic mass is 10.1. The first-order chi connectivity index (χ1) is 17.1. The van der Waals surface area contributed by atoms with Gasteiger partial charge in [-0.2, -0.15) is 0 Å². The summed E-state index contributed by atoms with van der Waals surface area (Å²) in [5, 5.41) is 12.2. The van der Waals surface area contributed by atoms with E-state index < -0.39 is 0 Å². The van der Waals surface area contributed by atoms with Gasteiger partial charge in [-0.3, -0.25) is 9.36 Å². The molecule has 0 radical (unpaired) electrons. The number of aryl methyl sites for hydroxylation is 2. The third-order valence-electron chi connectivity index (χ3n) is 5.47. The summed E-state index contributed by atoms with van der Waals surface area (Å²) in [6.07, 6.45) is 5.02. The summed E-state index contributed by atoms with van der Waals surface area (Å²) in [6, 6.07) is 19.6. The summed E-state index contributed by atoms with van der Waals surface area (Å²) in [5.41, 5.74) is 3.24. The van der Waals surface area contributed by atoms with Gasteiger partial charge in [-0.25, -0.2) is 0 Å². The number of hydrogen-bond acceptors (Lipinski definition) is 6. The Morgan fingerprint density at radius 2 is 1.89 bits per heavy atom. The molecule has 0 aliphatic heterocycles. The summed E-state index contributed by atoms with van der Waals surface area (Å²) >= 11 is 1.34. The molecule has 2 heterocycles. The van der Waals surface area contributed by atoms with Gasteiger partial charge in [0.25, 0.3) is 0 Å². The number of amides is 1. The SMILES string of the molecule is CCCCc1ccc(NC(=O)CSc2nnc(COc3ccc(C)cc3)n2Cc2ccco2)cc1. The Morgan fingerprint density at radius 3 is 2.60 bits per heavy atom. The number of carbonyl (C=O) groups excluding carboxylic acids is 1. The fourth-order valence-electron chi connectivity index (χ4n) is 3.49. The number of rotatable bonds is 12. The van der Waals surface area contributed by atoms with E-state index in [-0.39, 0.29) is 18.3 Å². The highest BCUT2D eigenvalue weighted by atomic mass is 32.2. The second-order valence-electron chi connectivity index (χ2n) is 8.30. The molecule has 0 atom stereocenters. The normalized spacial score (nSPS) is 10.9. The van der Waals surface area contributed by atoms with Crippen LogP contribution in [0.1, 0.15) is 42.5 Å². The molecule has 0 fully saturated rings. The predicted octanol–water partition coefficient (Wildman–Crippen LogP) is 5.88. The lowest BCUT2D eigenvalue weighted by Gasteiger charge is -2.10. The maximum absolute atomic E-state index is 12.6. The number of aromatic nitrogens is 3. The Bertz CT molecular complexity index is 1200. The van der Waals surface area contributed by atoms with Gasteiger partial charge in [0.2, 0.25) is 5.91 Å². The Hall–Kier alpha value is -3.52.